The Bertz CT molecular complexity index is 852. The van der Waals surface area contributed by atoms with Crippen molar-refractivity contribution in [3.05, 3.63) is 51.4 Å². The van der Waals surface area contributed by atoms with E-state index in [9.17, 15) is 18.4 Å². The van der Waals surface area contributed by atoms with Gasteiger partial charge in [0.1, 0.15) is 16.6 Å². The van der Waals surface area contributed by atoms with Gasteiger partial charge in [-0.15, -0.1) is 11.3 Å². The van der Waals surface area contributed by atoms with Crippen molar-refractivity contribution < 1.29 is 23.1 Å². The summed E-state index contributed by atoms with van der Waals surface area (Å²) in [5.41, 5.74) is 1.38. The molecule has 0 saturated carbocycles. The highest BCUT2D eigenvalue weighted by atomic mass is 32.1. The van der Waals surface area contributed by atoms with Gasteiger partial charge in [0.15, 0.2) is 0 Å². The van der Waals surface area contributed by atoms with Crippen molar-refractivity contribution in [2.24, 2.45) is 0 Å². The van der Waals surface area contributed by atoms with Crippen LogP contribution in [0.2, 0.25) is 0 Å². The molecular weight excluding hydrogens is 374 g/mol. The second-order valence-electron chi connectivity index (χ2n) is 6.02. The van der Waals surface area contributed by atoms with Crippen molar-refractivity contribution in [2.45, 2.75) is 33.7 Å². The van der Waals surface area contributed by atoms with Gasteiger partial charge in [-0.3, -0.25) is 4.79 Å². The summed E-state index contributed by atoms with van der Waals surface area (Å²) >= 11 is 1.30. The minimum absolute atomic E-state index is 0.101. The highest BCUT2D eigenvalue weighted by molar-refractivity contribution is 7.16. The molecule has 1 aromatic heterocycles. The van der Waals surface area contributed by atoms with Crippen LogP contribution in [-0.4, -0.2) is 25.0 Å². The van der Waals surface area contributed by atoms with E-state index in [2.05, 4.69) is 10.6 Å². The molecule has 1 amide bonds. The SMILES string of the molecule is CCOC(=O)c1c(NC(=O)CN[C@H](C)c2ccc(F)cc2F)sc(C)c1C. The van der Waals surface area contributed by atoms with Crippen LogP contribution in [0.3, 0.4) is 0 Å². The molecule has 0 unspecified atom stereocenters. The second kappa shape index (κ2) is 9.05. The fraction of sp³-hybridized carbons (Fsp3) is 0.368. The molecule has 146 valence electrons. The Balaban J connectivity index is 2.04. The number of halogens is 2. The number of ether oxygens (including phenoxy) is 1. The normalized spacial score (nSPS) is 11.9. The lowest BCUT2D eigenvalue weighted by molar-refractivity contribution is -0.115. The quantitative estimate of drug-likeness (QED) is 0.691. The largest absolute Gasteiger partial charge is 0.462 e. The summed E-state index contributed by atoms with van der Waals surface area (Å²) in [7, 11) is 0. The van der Waals surface area contributed by atoms with E-state index in [0.29, 0.717) is 10.6 Å². The molecule has 5 nitrogen and oxygen atoms in total. The van der Waals surface area contributed by atoms with E-state index in [0.717, 1.165) is 16.5 Å². The molecule has 0 aliphatic rings. The van der Waals surface area contributed by atoms with Crippen molar-refractivity contribution in [3.8, 4) is 0 Å². The average molecular weight is 396 g/mol. The number of rotatable bonds is 7. The molecule has 1 atom stereocenters. The summed E-state index contributed by atoms with van der Waals surface area (Å²) in [6.45, 7) is 7.18. The summed E-state index contributed by atoms with van der Waals surface area (Å²) in [6, 6.07) is 2.81. The van der Waals surface area contributed by atoms with Gasteiger partial charge in [-0.05, 0) is 39.3 Å². The van der Waals surface area contributed by atoms with E-state index >= 15 is 0 Å². The van der Waals surface area contributed by atoms with Crippen LogP contribution in [0.4, 0.5) is 13.8 Å². The van der Waals surface area contributed by atoms with Gasteiger partial charge in [0.25, 0.3) is 0 Å². The van der Waals surface area contributed by atoms with Crippen molar-refractivity contribution in [2.75, 3.05) is 18.5 Å². The fourth-order valence-electron chi connectivity index (χ4n) is 2.54. The molecule has 1 heterocycles. The highest BCUT2D eigenvalue weighted by Gasteiger charge is 2.22. The van der Waals surface area contributed by atoms with Crippen LogP contribution in [0.5, 0.6) is 0 Å². The Kier molecular flexibility index (Phi) is 7.04. The van der Waals surface area contributed by atoms with Crippen LogP contribution in [0.15, 0.2) is 18.2 Å². The van der Waals surface area contributed by atoms with Gasteiger partial charge in [0, 0.05) is 22.5 Å². The number of hydrogen-bond acceptors (Lipinski definition) is 5. The zero-order valence-electron chi connectivity index (χ0n) is 15.6. The first-order chi connectivity index (χ1) is 12.7. The molecule has 2 aromatic rings. The van der Waals surface area contributed by atoms with Crippen molar-refractivity contribution in [1.29, 1.82) is 0 Å². The monoisotopic (exact) mass is 396 g/mol. The number of hydrogen-bond donors (Lipinski definition) is 2. The van der Waals surface area contributed by atoms with Crippen LogP contribution in [-0.2, 0) is 9.53 Å². The first-order valence-electron chi connectivity index (χ1n) is 8.49. The fourth-order valence-corrected chi connectivity index (χ4v) is 3.61. The number of thiophene rings is 1. The predicted octanol–water partition coefficient (Wildman–Crippen LogP) is 4.11. The molecule has 0 fully saturated rings. The molecule has 0 aliphatic carbocycles. The van der Waals surface area contributed by atoms with Crippen LogP contribution in [0.1, 0.15) is 46.3 Å². The van der Waals surface area contributed by atoms with E-state index in [1.807, 2.05) is 6.92 Å². The van der Waals surface area contributed by atoms with Crippen molar-refractivity contribution in [1.82, 2.24) is 5.32 Å². The van der Waals surface area contributed by atoms with E-state index in [-0.39, 0.29) is 24.6 Å². The number of anilines is 1. The molecule has 1 aromatic carbocycles. The van der Waals surface area contributed by atoms with Gasteiger partial charge >= 0.3 is 5.97 Å². The Morgan fingerprint density at radius 3 is 2.59 bits per heavy atom. The lowest BCUT2D eigenvalue weighted by Gasteiger charge is -2.15. The number of esters is 1. The van der Waals surface area contributed by atoms with Crippen molar-refractivity contribution >= 4 is 28.2 Å². The highest BCUT2D eigenvalue weighted by Crippen LogP contribution is 2.33. The molecule has 0 aliphatic heterocycles. The third kappa shape index (κ3) is 5.11. The summed E-state index contributed by atoms with van der Waals surface area (Å²) in [6.07, 6.45) is 0. The first kappa shape index (κ1) is 21.0. The first-order valence-corrected chi connectivity index (χ1v) is 9.31. The molecule has 0 radical (unpaired) electrons. The lowest BCUT2D eigenvalue weighted by Crippen LogP contribution is -2.30. The number of carbonyl (C=O) groups is 2. The zero-order valence-corrected chi connectivity index (χ0v) is 16.4. The maximum Gasteiger partial charge on any atom is 0.341 e. The standard InChI is InChI=1S/C19H22F2N2O3S/c1-5-26-19(25)17-10(2)12(4)27-18(17)23-16(24)9-22-11(3)14-7-6-13(20)8-15(14)21/h6-8,11,22H,5,9H2,1-4H3,(H,23,24)/t11-/m1/s1. The van der Waals surface area contributed by atoms with Gasteiger partial charge < -0.3 is 15.4 Å². The summed E-state index contributed by atoms with van der Waals surface area (Å²) < 4.78 is 31.9. The average Bonchev–Trinajstić information content (AvgIpc) is 2.86. The summed E-state index contributed by atoms with van der Waals surface area (Å²) in [5.74, 6) is -2.19. The van der Waals surface area contributed by atoms with E-state index in [1.54, 1.807) is 20.8 Å². The zero-order chi connectivity index (χ0) is 20.1. The molecule has 2 rings (SSSR count). The smallest absolute Gasteiger partial charge is 0.341 e. The van der Waals surface area contributed by atoms with E-state index < -0.39 is 23.6 Å². The number of benzene rings is 1. The van der Waals surface area contributed by atoms with E-state index in [1.165, 1.54) is 23.5 Å². The molecule has 0 saturated heterocycles. The van der Waals surface area contributed by atoms with Gasteiger partial charge in [-0.2, -0.15) is 0 Å². The number of carbonyl (C=O) groups excluding carboxylic acids is 2. The lowest BCUT2D eigenvalue weighted by atomic mass is 10.1. The minimum atomic E-state index is -0.676. The Hall–Kier alpha value is -2.32. The third-order valence-electron chi connectivity index (χ3n) is 4.12. The van der Waals surface area contributed by atoms with Crippen LogP contribution in [0.25, 0.3) is 0 Å². The molecular formula is C19H22F2N2O3S. The Morgan fingerprint density at radius 1 is 1.26 bits per heavy atom. The topological polar surface area (TPSA) is 67.4 Å². The van der Waals surface area contributed by atoms with Crippen molar-refractivity contribution in [3.63, 3.8) is 0 Å². The second-order valence-corrected chi connectivity index (χ2v) is 7.25. The number of aryl methyl sites for hydroxylation is 1. The summed E-state index contributed by atoms with van der Waals surface area (Å²) in [4.78, 5) is 25.3. The van der Waals surface area contributed by atoms with Gasteiger partial charge in [-0.1, -0.05) is 6.07 Å². The molecule has 0 bridgehead atoms. The third-order valence-corrected chi connectivity index (χ3v) is 5.24. The molecule has 0 spiro atoms. The van der Waals surface area contributed by atoms with Crippen LogP contribution in [0, 0.1) is 25.5 Å². The maximum atomic E-state index is 13.8. The Labute approximate surface area is 160 Å². The Morgan fingerprint density at radius 2 is 1.96 bits per heavy atom. The van der Waals surface area contributed by atoms with Crippen LogP contribution >= 0.6 is 11.3 Å². The maximum absolute atomic E-state index is 13.8. The predicted molar refractivity (Wildman–Crippen MR) is 101 cm³/mol. The van der Waals surface area contributed by atoms with Gasteiger partial charge in [-0.25, -0.2) is 13.6 Å². The molecule has 27 heavy (non-hydrogen) atoms. The number of amides is 1. The van der Waals surface area contributed by atoms with Gasteiger partial charge in [0.2, 0.25) is 5.91 Å². The molecule has 8 heteroatoms. The van der Waals surface area contributed by atoms with Gasteiger partial charge in [0.05, 0.1) is 18.7 Å². The number of nitrogens with one attached hydrogen (secondary N) is 2. The van der Waals surface area contributed by atoms with Crippen LogP contribution < -0.4 is 10.6 Å². The molecule has 2 N–H and O–H groups in total. The minimum Gasteiger partial charge on any atom is -0.462 e. The summed E-state index contributed by atoms with van der Waals surface area (Å²) in [5, 5.41) is 6.02. The van der Waals surface area contributed by atoms with E-state index in [4.69, 9.17) is 4.74 Å².